The first kappa shape index (κ1) is 20.2. The lowest BCUT2D eigenvalue weighted by atomic mass is 9.95. The quantitative estimate of drug-likeness (QED) is 0.392. The highest BCUT2D eigenvalue weighted by Gasteiger charge is 2.25. The van der Waals surface area contributed by atoms with Crippen molar-refractivity contribution in [2.45, 2.75) is 12.5 Å². The molecular formula is C24H17Cl2NO3. The molecule has 0 saturated heterocycles. The summed E-state index contributed by atoms with van der Waals surface area (Å²) in [4.78, 5) is 25.2. The van der Waals surface area contributed by atoms with Crippen LogP contribution in [0.3, 0.4) is 0 Å². The molecule has 4 rings (SSSR count). The van der Waals surface area contributed by atoms with Gasteiger partial charge in [-0.15, -0.1) is 0 Å². The summed E-state index contributed by atoms with van der Waals surface area (Å²) < 4.78 is 0. The third kappa shape index (κ3) is 3.84. The lowest BCUT2D eigenvalue weighted by Gasteiger charge is -2.18. The van der Waals surface area contributed by atoms with Crippen LogP contribution in [-0.2, 0) is 11.2 Å². The molecule has 0 spiro atoms. The number of hydrogen-bond acceptors (Lipinski definition) is 2. The van der Waals surface area contributed by atoms with Crippen molar-refractivity contribution in [3.63, 3.8) is 0 Å². The molecule has 0 radical (unpaired) electrons. The summed E-state index contributed by atoms with van der Waals surface area (Å²) in [5, 5.41) is 16.4. The zero-order valence-corrected chi connectivity index (χ0v) is 17.2. The van der Waals surface area contributed by atoms with Crippen molar-refractivity contribution in [1.29, 1.82) is 0 Å². The number of carboxylic acid groups (broad SMARTS) is 1. The van der Waals surface area contributed by atoms with Gasteiger partial charge in [0.25, 0.3) is 5.91 Å². The minimum Gasteiger partial charge on any atom is -0.480 e. The monoisotopic (exact) mass is 437 g/mol. The predicted octanol–water partition coefficient (Wildman–Crippen LogP) is 5.73. The van der Waals surface area contributed by atoms with Gasteiger partial charge in [-0.05, 0) is 45.3 Å². The van der Waals surface area contributed by atoms with Crippen LogP contribution in [0.4, 0.5) is 0 Å². The second-order valence-electron chi connectivity index (χ2n) is 6.96. The van der Waals surface area contributed by atoms with Crippen LogP contribution in [0.1, 0.15) is 15.9 Å². The second-order valence-corrected chi connectivity index (χ2v) is 7.78. The Labute approximate surface area is 183 Å². The number of carbonyl (C=O) groups excluding carboxylic acids is 1. The van der Waals surface area contributed by atoms with Crippen LogP contribution >= 0.6 is 23.2 Å². The van der Waals surface area contributed by atoms with Crippen LogP contribution in [0.2, 0.25) is 10.0 Å². The molecule has 0 saturated carbocycles. The molecule has 0 fully saturated rings. The molecule has 0 heterocycles. The molecule has 0 unspecified atom stereocenters. The van der Waals surface area contributed by atoms with Gasteiger partial charge >= 0.3 is 5.97 Å². The van der Waals surface area contributed by atoms with E-state index in [1.165, 1.54) is 0 Å². The Kier molecular flexibility index (Phi) is 5.62. The van der Waals surface area contributed by atoms with E-state index in [-0.39, 0.29) is 6.42 Å². The zero-order chi connectivity index (χ0) is 21.3. The first-order valence-corrected chi connectivity index (χ1v) is 10.1. The molecule has 150 valence electrons. The van der Waals surface area contributed by atoms with Crippen LogP contribution < -0.4 is 5.32 Å². The summed E-state index contributed by atoms with van der Waals surface area (Å²) >= 11 is 12.4. The number of hydrogen-bond donors (Lipinski definition) is 2. The average molecular weight is 438 g/mol. The highest BCUT2D eigenvalue weighted by Crippen LogP contribution is 2.29. The van der Waals surface area contributed by atoms with Crippen LogP contribution in [0.15, 0.2) is 72.8 Å². The lowest BCUT2D eigenvalue weighted by Crippen LogP contribution is -2.42. The maximum Gasteiger partial charge on any atom is 0.326 e. The molecule has 6 heteroatoms. The van der Waals surface area contributed by atoms with E-state index in [2.05, 4.69) is 5.32 Å². The Balaban J connectivity index is 1.76. The van der Waals surface area contributed by atoms with Gasteiger partial charge in [-0.25, -0.2) is 4.79 Å². The van der Waals surface area contributed by atoms with E-state index in [0.29, 0.717) is 21.2 Å². The van der Waals surface area contributed by atoms with Crippen LogP contribution in [0.25, 0.3) is 21.5 Å². The summed E-state index contributed by atoms with van der Waals surface area (Å²) in [7, 11) is 0. The fourth-order valence-electron chi connectivity index (χ4n) is 3.62. The number of benzene rings is 4. The van der Waals surface area contributed by atoms with Gasteiger partial charge in [-0.1, -0.05) is 77.8 Å². The Morgan fingerprint density at radius 2 is 1.37 bits per heavy atom. The van der Waals surface area contributed by atoms with Gasteiger partial charge in [0, 0.05) is 16.5 Å². The number of halogens is 2. The van der Waals surface area contributed by atoms with E-state index >= 15 is 0 Å². The van der Waals surface area contributed by atoms with Gasteiger partial charge in [0.2, 0.25) is 0 Å². The smallest absolute Gasteiger partial charge is 0.326 e. The van der Waals surface area contributed by atoms with Crippen molar-refractivity contribution in [1.82, 2.24) is 5.32 Å². The van der Waals surface area contributed by atoms with Crippen LogP contribution in [0, 0.1) is 0 Å². The number of nitrogens with one attached hydrogen (secondary N) is 1. The van der Waals surface area contributed by atoms with Gasteiger partial charge < -0.3 is 10.4 Å². The van der Waals surface area contributed by atoms with E-state index < -0.39 is 17.9 Å². The number of aliphatic carboxylic acids is 1. The topological polar surface area (TPSA) is 66.4 Å². The minimum absolute atomic E-state index is 0.0255. The van der Waals surface area contributed by atoms with Gasteiger partial charge in [-0.3, -0.25) is 4.79 Å². The molecule has 1 atom stereocenters. The fourth-order valence-corrected chi connectivity index (χ4v) is 4.17. The van der Waals surface area contributed by atoms with E-state index in [1.54, 1.807) is 18.2 Å². The largest absolute Gasteiger partial charge is 0.480 e. The van der Waals surface area contributed by atoms with Crippen molar-refractivity contribution in [3.05, 3.63) is 94.0 Å². The summed E-state index contributed by atoms with van der Waals surface area (Å²) in [6.45, 7) is 0. The molecule has 0 aliphatic carbocycles. The number of carboxylic acids is 1. The molecule has 2 N–H and O–H groups in total. The van der Waals surface area contributed by atoms with E-state index in [1.807, 2.05) is 54.6 Å². The summed E-state index contributed by atoms with van der Waals surface area (Å²) in [5.74, 6) is -1.62. The SMILES string of the molecule is O=C(N[C@@H](Cc1c(Cl)cccc1Cl)C(=O)O)c1c2ccccc2cc2ccccc12. The summed E-state index contributed by atoms with van der Waals surface area (Å²) in [6, 6.07) is 20.9. The van der Waals surface area contributed by atoms with Crippen LogP contribution in [0.5, 0.6) is 0 Å². The highest BCUT2D eigenvalue weighted by atomic mass is 35.5. The summed E-state index contributed by atoms with van der Waals surface area (Å²) in [6.07, 6.45) is -0.0255. The molecule has 0 aliphatic rings. The fraction of sp³-hybridized carbons (Fsp3) is 0.0833. The van der Waals surface area contributed by atoms with Gasteiger partial charge in [0.15, 0.2) is 0 Å². The molecule has 0 aromatic heterocycles. The molecule has 0 aliphatic heterocycles. The zero-order valence-electron chi connectivity index (χ0n) is 15.7. The Hall–Kier alpha value is -3.08. The van der Waals surface area contributed by atoms with E-state index in [0.717, 1.165) is 21.5 Å². The number of amides is 1. The Morgan fingerprint density at radius 3 is 1.90 bits per heavy atom. The molecule has 4 nitrogen and oxygen atoms in total. The third-order valence-electron chi connectivity index (χ3n) is 5.07. The third-order valence-corrected chi connectivity index (χ3v) is 5.78. The molecule has 4 aromatic rings. The standard InChI is InChI=1S/C24H17Cl2NO3/c25-19-10-5-11-20(26)18(19)13-21(24(29)30)27-23(28)22-16-8-3-1-6-14(16)12-15-7-2-4-9-17(15)22/h1-12,21H,13H2,(H,27,28)(H,29,30)/t21-/m0/s1. The van der Waals surface area contributed by atoms with Crippen molar-refractivity contribution < 1.29 is 14.7 Å². The predicted molar refractivity (Wildman–Crippen MR) is 121 cm³/mol. The average Bonchev–Trinajstić information content (AvgIpc) is 2.73. The molecule has 0 bridgehead atoms. The van der Waals surface area contributed by atoms with Crippen LogP contribution in [-0.4, -0.2) is 23.0 Å². The van der Waals surface area contributed by atoms with Crippen molar-refractivity contribution >= 4 is 56.6 Å². The second kappa shape index (κ2) is 8.34. The first-order chi connectivity index (χ1) is 14.5. The molecule has 1 amide bonds. The molecule has 30 heavy (non-hydrogen) atoms. The normalized spacial score (nSPS) is 12.1. The summed E-state index contributed by atoms with van der Waals surface area (Å²) in [5.41, 5.74) is 0.927. The molecule has 4 aromatic carbocycles. The number of rotatable bonds is 5. The number of fused-ring (bicyclic) bond motifs is 2. The Morgan fingerprint density at radius 1 is 0.833 bits per heavy atom. The lowest BCUT2D eigenvalue weighted by molar-refractivity contribution is -0.139. The van der Waals surface area contributed by atoms with E-state index in [4.69, 9.17) is 23.2 Å². The maximum atomic E-state index is 13.3. The van der Waals surface area contributed by atoms with Crippen molar-refractivity contribution in [2.24, 2.45) is 0 Å². The first-order valence-electron chi connectivity index (χ1n) is 9.33. The van der Waals surface area contributed by atoms with Crippen molar-refractivity contribution in [3.8, 4) is 0 Å². The highest BCUT2D eigenvalue weighted by molar-refractivity contribution is 6.36. The van der Waals surface area contributed by atoms with Crippen molar-refractivity contribution in [2.75, 3.05) is 0 Å². The molecular weight excluding hydrogens is 421 g/mol. The van der Waals surface area contributed by atoms with Gasteiger partial charge in [-0.2, -0.15) is 0 Å². The number of carbonyl (C=O) groups is 2. The maximum absolute atomic E-state index is 13.3. The van der Waals surface area contributed by atoms with E-state index in [9.17, 15) is 14.7 Å². The van der Waals surface area contributed by atoms with Gasteiger partial charge in [0.05, 0.1) is 5.56 Å². The minimum atomic E-state index is -1.19. The Bertz CT molecular complexity index is 1210. The van der Waals surface area contributed by atoms with Gasteiger partial charge in [0.1, 0.15) is 6.04 Å².